The van der Waals surface area contributed by atoms with Crippen molar-refractivity contribution in [2.75, 3.05) is 6.54 Å². The first-order valence-corrected chi connectivity index (χ1v) is 8.05. The van der Waals surface area contributed by atoms with Gasteiger partial charge in [0.05, 0.1) is 0 Å². The van der Waals surface area contributed by atoms with Gasteiger partial charge in [0, 0.05) is 12.6 Å². The van der Waals surface area contributed by atoms with Crippen LogP contribution in [0.15, 0.2) is 60.7 Å². The number of carbonyl (C=O) groups excluding carboxylic acids is 1. The molecule has 0 aliphatic rings. The lowest BCUT2D eigenvalue weighted by Crippen LogP contribution is -2.23. The van der Waals surface area contributed by atoms with E-state index in [0.29, 0.717) is 6.54 Å². The zero-order valence-electron chi connectivity index (χ0n) is 14.2. The number of hydrogen-bond donors (Lipinski definition) is 1. The van der Waals surface area contributed by atoms with E-state index in [2.05, 4.69) is 50.4 Å². The zero-order valence-corrected chi connectivity index (χ0v) is 14.2. The van der Waals surface area contributed by atoms with Crippen molar-refractivity contribution in [3.05, 3.63) is 77.4 Å². The predicted octanol–water partition coefficient (Wildman–Crippen LogP) is 4.36. The molecule has 0 aromatic heterocycles. The lowest BCUT2D eigenvalue weighted by molar-refractivity contribution is -0.116. The van der Waals surface area contributed by atoms with Crippen LogP contribution in [0.2, 0.25) is 0 Å². The maximum atomic E-state index is 11.8. The molecule has 0 saturated heterocycles. The van der Waals surface area contributed by atoms with Crippen LogP contribution < -0.4 is 5.32 Å². The van der Waals surface area contributed by atoms with Crippen LogP contribution in [0.4, 0.5) is 0 Å². The standard InChI is InChI=1S/C21H25NO/c1-21(2,3)19-12-9-18(10-13-19)11-14-20(23)22-16-15-17-7-5-4-6-8-17/h4-14H,15-16H2,1-3H3,(H,22,23). The van der Waals surface area contributed by atoms with Gasteiger partial charge in [-0.25, -0.2) is 0 Å². The van der Waals surface area contributed by atoms with Crippen LogP contribution in [0.3, 0.4) is 0 Å². The second kappa shape index (κ2) is 7.77. The second-order valence-electron chi connectivity index (χ2n) is 6.73. The first-order valence-electron chi connectivity index (χ1n) is 8.05. The zero-order chi connectivity index (χ0) is 16.7. The van der Waals surface area contributed by atoms with Crippen molar-refractivity contribution in [2.45, 2.75) is 32.6 Å². The molecule has 0 heterocycles. The smallest absolute Gasteiger partial charge is 0.244 e. The van der Waals surface area contributed by atoms with Gasteiger partial charge in [0.25, 0.3) is 0 Å². The topological polar surface area (TPSA) is 29.1 Å². The summed E-state index contributed by atoms with van der Waals surface area (Å²) in [5.41, 5.74) is 3.71. The minimum absolute atomic E-state index is 0.0548. The van der Waals surface area contributed by atoms with Gasteiger partial charge in [-0.2, -0.15) is 0 Å². The summed E-state index contributed by atoms with van der Waals surface area (Å²) in [6.45, 7) is 7.23. The van der Waals surface area contributed by atoms with Gasteiger partial charge in [0.1, 0.15) is 0 Å². The third kappa shape index (κ3) is 5.74. The molecule has 2 aromatic carbocycles. The molecule has 0 atom stereocenters. The summed E-state index contributed by atoms with van der Waals surface area (Å²) in [6, 6.07) is 18.5. The van der Waals surface area contributed by atoms with Crippen LogP contribution >= 0.6 is 0 Å². The summed E-state index contributed by atoms with van der Waals surface area (Å²) < 4.78 is 0. The molecule has 2 nitrogen and oxygen atoms in total. The van der Waals surface area contributed by atoms with Crippen molar-refractivity contribution in [3.8, 4) is 0 Å². The molecule has 0 saturated carbocycles. The molecule has 0 bridgehead atoms. The molecule has 2 aromatic rings. The lowest BCUT2D eigenvalue weighted by Gasteiger charge is -2.18. The highest BCUT2D eigenvalue weighted by Gasteiger charge is 2.12. The van der Waals surface area contributed by atoms with Crippen LogP contribution in [0.1, 0.15) is 37.5 Å². The van der Waals surface area contributed by atoms with Crippen LogP contribution in [-0.2, 0) is 16.6 Å². The van der Waals surface area contributed by atoms with E-state index in [1.54, 1.807) is 6.08 Å². The number of carbonyl (C=O) groups is 1. The minimum atomic E-state index is -0.0548. The molecule has 2 heteroatoms. The van der Waals surface area contributed by atoms with Crippen LogP contribution in [-0.4, -0.2) is 12.5 Å². The Kier molecular flexibility index (Phi) is 5.75. The normalized spacial score (nSPS) is 11.6. The highest BCUT2D eigenvalue weighted by molar-refractivity contribution is 5.91. The first kappa shape index (κ1) is 17.0. The molecule has 0 fully saturated rings. The van der Waals surface area contributed by atoms with Gasteiger partial charge >= 0.3 is 0 Å². The second-order valence-corrected chi connectivity index (χ2v) is 6.73. The van der Waals surface area contributed by atoms with Crippen molar-refractivity contribution in [1.29, 1.82) is 0 Å². The summed E-state index contributed by atoms with van der Waals surface area (Å²) in [7, 11) is 0. The van der Waals surface area contributed by atoms with E-state index in [0.717, 1.165) is 12.0 Å². The highest BCUT2D eigenvalue weighted by Crippen LogP contribution is 2.22. The fourth-order valence-electron chi connectivity index (χ4n) is 2.30. The molecule has 2 rings (SSSR count). The largest absolute Gasteiger partial charge is 0.352 e. The molecule has 120 valence electrons. The van der Waals surface area contributed by atoms with E-state index < -0.39 is 0 Å². The van der Waals surface area contributed by atoms with Gasteiger partial charge in [0.15, 0.2) is 0 Å². The molecule has 0 radical (unpaired) electrons. The van der Waals surface area contributed by atoms with Crippen molar-refractivity contribution in [2.24, 2.45) is 0 Å². The quantitative estimate of drug-likeness (QED) is 0.817. The minimum Gasteiger partial charge on any atom is -0.352 e. The van der Waals surface area contributed by atoms with Crippen LogP contribution in [0, 0.1) is 0 Å². The van der Waals surface area contributed by atoms with E-state index in [4.69, 9.17) is 0 Å². The van der Waals surface area contributed by atoms with E-state index in [1.807, 2.05) is 36.4 Å². The summed E-state index contributed by atoms with van der Waals surface area (Å²) >= 11 is 0. The highest BCUT2D eigenvalue weighted by atomic mass is 16.1. The Morgan fingerprint density at radius 3 is 2.26 bits per heavy atom. The maximum absolute atomic E-state index is 11.8. The summed E-state index contributed by atoms with van der Waals surface area (Å²) in [5.74, 6) is -0.0548. The molecule has 1 N–H and O–H groups in total. The van der Waals surface area contributed by atoms with Crippen LogP contribution in [0.25, 0.3) is 6.08 Å². The number of nitrogens with one attached hydrogen (secondary N) is 1. The monoisotopic (exact) mass is 307 g/mol. The number of amides is 1. The molecule has 0 unspecified atom stereocenters. The Hall–Kier alpha value is -2.35. The molecule has 1 amide bonds. The van der Waals surface area contributed by atoms with Gasteiger partial charge in [-0.3, -0.25) is 4.79 Å². The van der Waals surface area contributed by atoms with Gasteiger partial charge < -0.3 is 5.32 Å². The third-order valence-electron chi connectivity index (χ3n) is 3.76. The molecular formula is C21H25NO. The van der Waals surface area contributed by atoms with E-state index in [1.165, 1.54) is 11.1 Å². The van der Waals surface area contributed by atoms with Gasteiger partial charge in [-0.15, -0.1) is 0 Å². The number of rotatable bonds is 5. The lowest BCUT2D eigenvalue weighted by atomic mass is 9.87. The van der Waals surface area contributed by atoms with E-state index in [-0.39, 0.29) is 11.3 Å². The van der Waals surface area contributed by atoms with Crippen molar-refractivity contribution in [3.63, 3.8) is 0 Å². The van der Waals surface area contributed by atoms with Crippen molar-refractivity contribution < 1.29 is 4.79 Å². The van der Waals surface area contributed by atoms with Gasteiger partial charge in [0.2, 0.25) is 5.91 Å². The average molecular weight is 307 g/mol. The Bertz CT molecular complexity index is 648. The van der Waals surface area contributed by atoms with Gasteiger partial charge in [-0.05, 0) is 34.6 Å². The average Bonchev–Trinajstić information content (AvgIpc) is 2.53. The Morgan fingerprint density at radius 2 is 1.65 bits per heavy atom. The van der Waals surface area contributed by atoms with Gasteiger partial charge in [-0.1, -0.05) is 75.4 Å². The molecule has 23 heavy (non-hydrogen) atoms. The van der Waals surface area contributed by atoms with Crippen LogP contribution in [0.5, 0.6) is 0 Å². The first-order chi connectivity index (χ1) is 10.9. The fourth-order valence-corrected chi connectivity index (χ4v) is 2.30. The van der Waals surface area contributed by atoms with Crippen molar-refractivity contribution in [1.82, 2.24) is 5.32 Å². The molecular weight excluding hydrogens is 282 g/mol. The number of hydrogen-bond acceptors (Lipinski definition) is 1. The Morgan fingerprint density at radius 1 is 1.00 bits per heavy atom. The SMILES string of the molecule is CC(C)(C)c1ccc(C=CC(=O)NCCc2ccccc2)cc1. The summed E-state index contributed by atoms with van der Waals surface area (Å²) in [6.07, 6.45) is 4.29. The van der Waals surface area contributed by atoms with E-state index in [9.17, 15) is 4.79 Å². The summed E-state index contributed by atoms with van der Waals surface area (Å²) in [4.78, 5) is 11.8. The Labute approximate surface area is 139 Å². The Balaban J connectivity index is 1.81. The van der Waals surface area contributed by atoms with Crippen molar-refractivity contribution >= 4 is 12.0 Å². The fraction of sp³-hybridized carbons (Fsp3) is 0.286. The molecule has 0 spiro atoms. The predicted molar refractivity (Wildman–Crippen MR) is 97.3 cm³/mol. The summed E-state index contributed by atoms with van der Waals surface area (Å²) in [5, 5.41) is 2.91. The van der Waals surface area contributed by atoms with E-state index >= 15 is 0 Å². The number of benzene rings is 2. The molecule has 0 aliphatic carbocycles. The molecule has 0 aliphatic heterocycles. The third-order valence-corrected chi connectivity index (χ3v) is 3.76. The maximum Gasteiger partial charge on any atom is 0.244 e.